The number of halogens is 2. The summed E-state index contributed by atoms with van der Waals surface area (Å²) < 4.78 is 15.1. The molecule has 1 N–H and O–H groups in total. The molecular weight excluding hydrogens is 345 g/mol. The number of rotatable bonds is 3. The van der Waals surface area contributed by atoms with Gasteiger partial charge in [0, 0.05) is 31.6 Å². The van der Waals surface area contributed by atoms with Gasteiger partial charge >= 0.3 is 0 Å². The Labute approximate surface area is 152 Å². The Morgan fingerprint density at radius 2 is 2.16 bits per heavy atom. The molecule has 0 saturated carbocycles. The fraction of sp³-hybridized carbons (Fsp3) is 0.471. The summed E-state index contributed by atoms with van der Waals surface area (Å²) in [4.78, 5) is 19.0. The Hall–Kier alpha value is -1.99. The van der Waals surface area contributed by atoms with Crippen LogP contribution in [-0.2, 0) is 0 Å². The molecule has 1 saturated heterocycles. The van der Waals surface area contributed by atoms with Crippen molar-refractivity contribution in [3.63, 3.8) is 0 Å². The van der Waals surface area contributed by atoms with E-state index >= 15 is 0 Å². The average Bonchev–Trinajstić information content (AvgIpc) is 3.00. The van der Waals surface area contributed by atoms with Crippen LogP contribution in [0.25, 0.3) is 5.69 Å². The van der Waals surface area contributed by atoms with Crippen molar-refractivity contribution in [2.45, 2.75) is 32.7 Å². The van der Waals surface area contributed by atoms with Crippen molar-refractivity contribution in [2.75, 3.05) is 19.6 Å². The third kappa shape index (κ3) is 3.99. The minimum atomic E-state index is -0.346. The summed E-state index contributed by atoms with van der Waals surface area (Å²) in [5.41, 5.74) is 0.568. The second-order valence-corrected chi connectivity index (χ2v) is 6.39. The molecule has 2 heterocycles. The maximum absolute atomic E-state index is 13.5. The lowest BCUT2D eigenvalue weighted by atomic mass is 10.2. The van der Waals surface area contributed by atoms with Gasteiger partial charge in [0.15, 0.2) is 0 Å². The van der Waals surface area contributed by atoms with Crippen LogP contribution >= 0.6 is 12.4 Å². The van der Waals surface area contributed by atoms with E-state index in [1.54, 1.807) is 21.7 Å². The summed E-state index contributed by atoms with van der Waals surface area (Å²) in [6, 6.07) is 6.24. The fourth-order valence-electron chi connectivity index (χ4n) is 2.86. The second-order valence-electron chi connectivity index (χ2n) is 6.39. The maximum atomic E-state index is 13.5. The van der Waals surface area contributed by atoms with E-state index in [-0.39, 0.29) is 41.9 Å². The highest BCUT2D eigenvalue weighted by Crippen LogP contribution is 2.19. The average molecular weight is 368 g/mol. The Balaban J connectivity index is 0.00000225. The predicted octanol–water partition coefficient (Wildman–Crippen LogP) is 2.39. The highest BCUT2D eigenvalue weighted by molar-refractivity contribution is 5.90. The van der Waals surface area contributed by atoms with E-state index in [2.05, 4.69) is 15.4 Å². The molecule has 0 radical (unpaired) electrons. The first-order chi connectivity index (χ1) is 11.5. The monoisotopic (exact) mass is 367 g/mol. The Morgan fingerprint density at radius 1 is 1.40 bits per heavy atom. The second kappa shape index (κ2) is 7.93. The molecule has 1 aromatic carbocycles. The number of aromatic nitrogens is 3. The smallest absolute Gasteiger partial charge is 0.293 e. The van der Waals surface area contributed by atoms with Crippen LogP contribution in [0, 0.1) is 5.82 Å². The lowest BCUT2D eigenvalue weighted by Crippen LogP contribution is -2.52. The number of carbonyl (C=O) groups is 1. The molecule has 3 rings (SSSR count). The molecular formula is C17H23ClFN5O. The number of piperazine rings is 1. The van der Waals surface area contributed by atoms with Gasteiger partial charge in [0.05, 0.1) is 5.69 Å². The van der Waals surface area contributed by atoms with Gasteiger partial charge in [-0.1, -0.05) is 19.9 Å². The van der Waals surface area contributed by atoms with Crippen LogP contribution in [0.2, 0.25) is 0 Å². The van der Waals surface area contributed by atoms with Gasteiger partial charge in [-0.25, -0.2) is 14.1 Å². The normalized spacial score (nSPS) is 17.5. The standard InChI is InChI=1S/C17H22FN5O.ClH/c1-11(2)16-20-15(17(24)22-8-7-19-10-12(22)3)21-23(16)14-6-4-5-13(18)9-14;/h4-6,9,11-12,19H,7-8,10H2,1-3H3;1H. The molecule has 1 fully saturated rings. The minimum Gasteiger partial charge on any atom is -0.331 e. The largest absolute Gasteiger partial charge is 0.331 e. The van der Waals surface area contributed by atoms with E-state index < -0.39 is 0 Å². The first kappa shape index (κ1) is 19.3. The van der Waals surface area contributed by atoms with Crippen LogP contribution in [0.3, 0.4) is 0 Å². The quantitative estimate of drug-likeness (QED) is 0.904. The van der Waals surface area contributed by atoms with Gasteiger partial charge in [-0.2, -0.15) is 0 Å². The SMILES string of the molecule is CC(C)c1nc(C(=O)N2CCNCC2C)nn1-c1cccc(F)c1.Cl. The number of carbonyl (C=O) groups excluding carboxylic acids is 1. The van der Waals surface area contributed by atoms with E-state index in [0.29, 0.717) is 18.1 Å². The fourth-order valence-corrected chi connectivity index (χ4v) is 2.86. The molecule has 1 amide bonds. The van der Waals surface area contributed by atoms with Gasteiger partial charge in [-0.15, -0.1) is 17.5 Å². The molecule has 0 spiro atoms. The Morgan fingerprint density at radius 3 is 2.80 bits per heavy atom. The predicted molar refractivity (Wildman–Crippen MR) is 96.0 cm³/mol. The van der Waals surface area contributed by atoms with Crippen molar-refractivity contribution in [2.24, 2.45) is 0 Å². The van der Waals surface area contributed by atoms with Gasteiger partial charge in [0.2, 0.25) is 5.82 Å². The zero-order valence-corrected chi connectivity index (χ0v) is 15.4. The molecule has 8 heteroatoms. The van der Waals surface area contributed by atoms with E-state index in [0.717, 1.165) is 13.1 Å². The van der Waals surface area contributed by atoms with Crippen LogP contribution < -0.4 is 5.32 Å². The Bertz CT molecular complexity index is 748. The molecule has 0 aliphatic carbocycles. The van der Waals surface area contributed by atoms with Gasteiger partial charge in [-0.05, 0) is 25.1 Å². The molecule has 2 aromatic rings. The number of nitrogens with zero attached hydrogens (tertiary/aromatic N) is 4. The van der Waals surface area contributed by atoms with Crippen molar-refractivity contribution in [3.8, 4) is 5.69 Å². The van der Waals surface area contributed by atoms with Crippen molar-refractivity contribution in [1.29, 1.82) is 0 Å². The number of benzene rings is 1. The molecule has 136 valence electrons. The van der Waals surface area contributed by atoms with Crippen LogP contribution in [-0.4, -0.2) is 51.2 Å². The minimum absolute atomic E-state index is 0. The van der Waals surface area contributed by atoms with Crippen LogP contribution in [0.15, 0.2) is 24.3 Å². The molecule has 1 aromatic heterocycles. The van der Waals surface area contributed by atoms with Crippen molar-refractivity contribution >= 4 is 18.3 Å². The van der Waals surface area contributed by atoms with E-state index in [1.165, 1.54) is 12.1 Å². The number of nitrogens with one attached hydrogen (secondary N) is 1. The zero-order chi connectivity index (χ0) is 17.3. The third-order valence-electron chi connectivity index (χ3n) is 4.15. The molecule has 1 atom stereocenters. The highest BCUT2D eigenvalue weighted by Gasteiger charge is 2.28. The lowest BCUT2D eigenvalue weighted by Gasteiger charge is -2.33. The van der Waals surface area contributed by atoms with E-state index in [4.69, 9.17) is 0 Å². The molecule has 1 unspecified atom stereocenters. The third-order valence-corrected chi connectivity index (χ3v) is 4.15. The number of amides is 1. The lowest BCUT2D eigenvalue weighted by molar-refractivity contribution is 0.0643. The highest BCUT2D eigenvalue weighted by atomic mass is 35.5. The summed E-state index contributed by atoms with van der Waals surface area (Å²) in [6.45, 7) is 8.09. The van der Waals surface area contributed by atoms with Crippen molar-refractivity contribution in [1.82, 2.24) is 25.0 Å². The number of hydrogen-bond acceptors (Lipinski definition) is 4. The van der Waals surface area contributed by atoms with Gasteiger partial charge in [-0.3, -0.25) is 4.79 Å². The molecule has 25 heavy (non-hydrogen) atoms. The number of hydrogen-bond donors (Lipinski definition) is 1. The topological polar surface area (TPSA) is 63.1 Å². The summed E-state index contributed by atoms with van der Waals surface area (Å²) in [5, 5.41) is 7.64. The van der Waals surface area contributed by atoms with Crippen LogP contribution in [0.4, 0.5) is 4.39 Å². The van der Waals surface area contributed by atoms with Gasteiger partial charge in [0.1, 0.15) is 11.6 Å². The molecule has 6 nitrogen and oxygen atoms in total. The molecule has 1 aliphatic heterocycles. The van der Waals surface area contributed by atoms with Crippen LogP contribution in [0.5, 0.6) is 0 Å². The summed E-state index contributed by atoms with van der Waals surface area (Å²) in [6.07, 6.45) is 0. The summed E-state index contributed by atoms with van der Waals surface area (Å²) in [5.74, 6) is 0.341. The molecule has 0 bridgehead atoms. The van der Waals surface area contributed by atoms with Crippen molar-refractivity contribution < 1.29 is 9.18 Å². The van der Waals surface area contributed by atoms with Gasteiger partial charge < -0.3 is 10.2 Å². The summed E-state index contributed by atoms with van der Waals surface area (Å²) in [7, 11) is 0. The first-order valence-corrected chi connectivity index (χ1v) is 8.22. The molecule has 1 aliphatic rings. The Kier molecular flexibility index (Phi) is 6.13. The maximum Gasteiger partial charge on any atom is 0.293 e. The zero-order valence-electron chi connectivity index (χ0n) is 14.6. The van der Waals surface area contributed by atoms with Gasteiger partial charge in [0.25, 0.3) is 5.91 Å². The van der Waals surface area contributed by atoms with E-state index in [1.807, 2.05) is 20.8 Å². The van der Waals surface area contributed by atoms with Crippen molar-refractivity contribution in [3.05, 3.63) is 41.7 Å². The first-order valence-electron chi connectivity index (χ1n) is 8.22. The van der Waals surface area contributed by atoms with E-state index in [9.17, 15) is 9.18 Å². The summed E-state index contributed by atoms with van der Waals surface area (Å²) >= 11 is 0. The van der Waals surface area contributed by atoms with Crippen LogP contribution in [0.1, 0.15) is 43.1 Å².